The van der Waals surface area contributed by atoms with E-state index in [-0.39, 0.29) is 23.7 Å². The molecule has 2 N–H and O–H groups in total. The van der Waals surface area contributed by atoms with E-state index in [0.29, 0.717) is 0 Å². The van der Waals surface area contributed by atoms with Gasteiger partial charge in [0.1, 0.15) is 0 Å². The first-order chi connectivity index (χ1) is 7.51. The fourth-order valence-electron chi connectivity index (χ4n) is 1.20. The van der Waals surface area contributed by atoms with Crippen LogP contribution in [0, 0.1) is 0 Å². The number of carbonyl (C=O) groups is 4. The molecule has 1 rings (SSSR count). The molecule has 82 valence electrons. The molecule has 6 nitrogen and oxygen atoms in total. The summed E-state index contributed by atoms with van der Waals surface area (Å²) in [5.41, 5.74) is -1.37. The summed E-state index contributed by atoms with van der Waals surface area (Å²) >= 11 is 0. The molecule has 0 bridgehead atoms. The Bertz CT molecular complexity index is 447. The average molecular weight is 222 g/mol. The maximum atomic E-state index is 10.7. The van der Waals surface area contributed by atoms with Crippen LogP contribution in [0.5, 0.6) is 0 Å². The normalized spacial score (nSPS) is 9.50. The van der Waals surface area contributed by atoms with E-state index < -0.39 is 23.1 Å². The second kappa shape index (κ2) is 4.35. The van der Waals surface area contributed by atoms with Gasteiger partial charge in [0.25, 0.3) is 0 Å². The van der Waals surface area contributed by atoms with Gasteiger partial charge in [0.15, 0.2) is 12.6 Å². The number of carbonyl (C=O) groups excluding carboxylic acids is 2. The molecule has 1 aromatic rings. The molecule has 0 aromatic heterocycles. The van der Waals surface area contributed by atoms with Gasteiger partial charge in [-0.3, -0.25) is 9.59 Å². The van der Waals surface area contributed by atoms with E-state index in [4.69, 9.17) is 10.2 Å². The Balaban J connectivity index is 3.59. The minimum absolute atomic E-state index is 0.236. The molecule has 0 spiro atoms. The highest BCUT2D eigenvalue weighted by Crippen LogP contribution is 2.15. The van der Waals surface area contributed by atoms with Crippen molar-refractivity contribution in [3.05, 3.63) is 34.4 Å². The Hall–Kier alpha value is -2.50. The van der Waals surface area contributed by atoms with Gasteiger partial charge in [-0.1, -0.05) is 0 Å². The van der Waals surface area contributed by atoms with Gasteiger partial charge in [0, 0.05) is 11.1 Å². The first-order valence-corrected chi connectivity index (χ1v) is 4.06. The van der Waals surface area contributed by atoms with Crippen LogP contribution in [0.3, 0.4) is 0 Å². The fourth-order valence-corrected chi connectivity index (χ4v) is 1.20. The van der Waals surface area contributed by atoms with Crippen LogP contribution < -0.4 is 0 Å². The molecule has 0 radical (unpaired) electrons. The third-order valence-electron chi connectivity index (χ3n) is 1.94. The SMILES string of the molecule is O=Cc1cc(C=O)c(C(=O)O)cc1C(=O)O. The largest absolute Gasteiger partial charge is 0.478 e. The van der Waals surface area contributed by atoms with E-state index in [1.54, 1.807) is 0 Å². The first kappa shape index (κ1) is 11.6. The van der Waals surface area contributed by atoms with Gasteiger partial charge in [0.05, 0.1) is 11.1 Å². The number of aromatic carboxylic acids is 2. The minimum Gasteiger partial charge on any atom is -0.478 e. The number of rotatable bonds is 4. The van der Waals surface area contributed by atoms with Crippen LogP contribution in [0.15, 0.2) is 12.1 Å². The van der Waals surface area contributed by atoms with Crippen molar-refractivity contribution >= 4 is 24.5 Å². The summed E-state index contributed by atoms with van der Waals surface area (Å²) in [6.45, 7) is 0. The lowest BCUT2D eigenvalue weighted by Crippen LogP contribution is -2.09. The van der Waals surface area contributed by atoms with Crippen LogP contribution >= 0.6 is 0 Å². The number of hydrogen-bond donors (Lipinski definition) is 2. The quantitative estimate of drug-likeness (QED) is 0.726. The van der Waals surface area contributed by atoms with Crippen molar-refractivity contribution in [1.29, 1.82) is 0 Å². The Morgan fingerprint density at radius 2 is 1.25 bits per heavy atom. The summed E-state index contributed by atoms with van der Waals surface area (Å²) in [4.78, 5) is 42.5. The molecule has 1 aromatic carbocycles. The molecule has 6 heteroatoms. The smallest absolute Gasteiger partial charge is 0.336 e. The van der Waals surface area contributed by atoms with Crippen LogP contribution in [0.25, 0.3) is 0 Å². The van der Waals surface area contributed by atoms with Crippen LogP contribution in [-0.4, -0.2) is 34.7 Å². The van der Waals surface area contributed by atoms with E-state index in [1.807, 2.05) is 0 Å². The highest BCUT2D eigenvalue weighted by molar-refractivity contribution is 6.04. The zero-order chi connectivity index (χ0) is 12.3. The molecule has 0 fully saturated rings. The van der Waals surface area contributed by atoms with Crippen LogP contribution in [0.2, 0.25) is 0 Å². The van der Waals surface area contributed by atoms with Crippen molar-refractivity contribution in [2.45, 2.75) is 0 Å². The molecule has 0 heterocycles. The topological polar surface area (TPSA) is 109 Å². The molecule has 0 aliphatic rings. The average Bonchev–Trinajstić information content (AvgIpc) is 2.26. The maximum Gasteiger partial charge on any atom is 0.336 e. The molecule has 0 saturated carbocycles. The molecular weight excluding hydrogens is 216 g/mol. The predicted octanol–water partition coefficient (Wildman–Crippen LogP) is 0.708. The summed E-state index contributed by atoms with van der Waals surface area (Å²) in [6, 6.07) is 1.73. The number of carboxylic acid groups (broad SMARTS) is 2. The van der Waals surface area contributed by atoms with Crippen molar-refractivity contribution < 1.29 is 29.4 Å². The number of carboxylic acids is 2. The second-order valence-electron chi connectivity index (χ2n) is 2.87. The Morgan fingerprint density at radius 3 is 1.50 bits per heavy atom. The molecule has 0 atom stereocenters. The highest BCUT2D eigenvalue weighted by atomic mass is 16.4. The molecule has 16 heavy (non-hydrogen) atoms. The molecule has 0 aliphatic heterocycles. The minimum atomic E-state index is -1.43. The van der Waals surface area contributed by atoms with Gasteiger partial charge in [-0.05, 0) is 12.1 Å². The molecule has 0 unspecified atom stereocenters. The van der Waals surface area contributed by atoms with Gasteiger partial charge in [-0.2, -0.15) is 0 Å². The van der Waals surface area contributed by atoms with E-state index in [9.17, 15) is 19.2 Å². The van der Waals surface area contributed by atoms with Gasteiger partial charge in [-0.15, -0.1) is 0 Å². The number of aldehydes is 2. The van der Waals surface area contributed by atoms with Crippen LogP contribution in [-0.2, 0) is 0 Å². The third-order valence-corrected chi connectivity index (χ3v) is 1.94. The lowest BCUT2D eigenvalue weighted by Gasteiger charge is -2.04. The van der Waals surface area contributed by atoms with Crippen LogP contribution in [0.1, 0.15) is 41.4 Å². The predicted molar refractivity (Wildman–Crippen MR) is 51.1 cm³/mol. The number of hydrogen-bond acceptors (Lipinski definition) is 4. The zero-order valence-electron chi connectivity index (χ0n) is 7.84. The van der Waals surface area contributed by atoms with E-state index in [1.165, 1.54) is 0 Å². The van der Waals surface area contributed by atoms with Gasteiger partial charge < -0.3 is 10.2 Å². The summed E-state index contributed by atoms with van der Waals surface area (Å²) < 4.78 is 0. The molecular formula is C10H6O6. The summed E-state index contributed by atoms with van der Waals surface area (Å²) in [6.07, 6.45) is 0.504. The summed E-state index contributed by atoms with van der Waals surface area (Å²) in [7, 11) is 0. The van der Waals surface area contributed by atoms with Crippen LogP contribution in [0.4, 0.5) is 0 Å². The molecule has 0 amide bonds. The standard InChI is InChI=1S/C10H6O6/c11-3-5-1-6(4-12)8(10(15)16)2-7(5)9(13)14/h1-4H,(H,13,14)(H,15,16). The van der Waals surface area contributed by atoms with Gasteiger partial charge in [-0.25, -0.2) is 9.59 Å². The van der Waals surface area contributed by atoms with Crippen molar-refractivity contribution in [3.63, 3.8) is 0 Å². The Labute approximate surface area is 89.1 Å². The first-order valence-electron chi connectivity index (χ1n) is 4.06. The second-order valence-corrected chi connectivity index (χ2v) is 2.87. The van der Waals surface area contributed by atoms with Crippen molar-refractivity contribution in [2.75, 3.05) is 0 Å². The molecule has 0 aliphatic carbocycles. The summed E-state index contributed by atoms with van der Waals surface area (Å²) in [5, 5.41) is 17.5. The van der Waals surface area contributed by atoms with Gasteiger partial charge >= 0.3 is 11.9 Å². The van der Waals surface area contributed by atoms with Crippen molar-refractivity contribution in [3.8, 4) is 0 Å². The highest BCUT2D eigenvalue weighted by Gasteiger charge is 2.17. The van der Waals surface area contributed by atoms with E-state index in [2.05, 4.69) is 0 Å². The van der Waals surface area contributed by atoms with Crippen molar-refractivity contribution in [2.24, 2.45) is 0 Å². The van der Waals surface area contributed by atoms with E-state index >= 15 is 0 Å². The monoisotopic (exact) mass is 222 g/mol. The Morgan fingerprint density at radius 1 is 0.875 bits per heavy atom. The third kappa shape index (κ3) is 1.95. The maximum absolute atomic E-state index is 10.7. The lowest BCUT2D eigenvalue weighted by atomic mass is 9.99. The lowest BCUT2D eigenvalue weighted by molar-refractivity contribution is 0.0692. The Kier molecular flexibility index (Phi) is 3.14. The zero-order valence-corrected chi connectivity index (χ0v) is 7.84. The van der Waals surface area contributed by atoms with Gasteiger partial charge in [0.2, 0.25) is 0 Å². The molecule has 0 saturated heterocycles. The van der Waals surface area contributed by atoms with E-state index in [0.717, 1.165) is 12.1 Å². The number of benzene rings is 1. The summed E-state index contributed by atoms with van der Waals surface area (Å²) in [5.74, 6) is -2.86. The van der Waals surface area contributed by atoms with Crippen molar-refractivity contribution in [1.82, 2.24) is 0 Å². The fraction of sp³-hybridized carbons (Fsp3) is 0.